The van der Waals surface area contributed by atoms with Gasteiger partial charge >= 0.3 is 0 Å². The molecule has 0 N–H and O–H groups in total. The molecule has 0 radical (unpaired) electrons. The Kier molecular flexibility index (Phi) is 5.74. The van der Waals surface area contributed by atoms with Crippen LogP contribution in [0.3, 0.4) is 0 Å². The van der Waals surface area contributed by atoms with E-state index in [1.165, 1.54) is 76.8 Å². The van der Waals surface area contributed by atoms with Crippen molar-refractivity contribution in [1.82, 2.24) is 0 Å². The lowest BCUT2D eigenvalue weighted by molar-refractivity contribution is 0.697. The number of benzene rings is 7. The van der Waals surface area contributed by atoms with Crippen molar-refractivity contribution in [3.63, 3.8) is 0 Å². The molecule has 44 heavy (non-hydrogen) atoms. The standard InChI is InChI=1S/C44H30/c1-2-13-29(14-3-1)31-16-12-17-32(27-31)43-37-21-8-10-23-39(37)44(40-24-11-9-22-38(40)43)41-28-33-26-25-30-15-4-5-18-34(30)42(33)36-20-7-6-19-35(36)41/h1-28,30,34H. The van der Waals surface area contributed by atoms with Gasteiger partial charge in [0, 0.05) is 11.8 Å². The van der Waals surface area contributed by atoms with Gasteiger partial charge in [0.05, 0.1) is 0 Å². The SMILES string of the molecule is C1=CC2C=Cc3cc(-c4c5ccccc5c(-c5cccc(-c6ccccc6)c5)c5ccccc45)c4ccccc4c3C2C=C1. The third-order valence-corrected chi connectivity index (χ3v) is 9.59. The molecule has 0 spiro atoms. The maximum Gasteiger partial charge on any atom is 0.0131 e. The fourth-order valence-corrected chi connectivity index (χ4v) is 7.66. The predicted molar refractivity (Wildman–Crippen MR) is 189 cm³/mol. The number of hydrogen-bond donors (Lipinski definition) is 0. The molecule has 2 aliphatic rings. The van der Waals surface area contributed by atoms with Crippen molar-refractivity contribution in [3.05, 3.63) is 175 Å². The first-order valence-corrected chi connectivity index (χ1v) is 15.5. The quantitative estimate of drug-likeness (QED) is 0.189. The summed E-state index contributed by atoms with van der Waals surface area (Å²) in [6.07, 6.45) is 13.8. The molecule has 0 heteroatoms. The van der Waals surface area contributed by atoms with Gasteiger partial charge in [-0.3, -0.25) is 0 Å². The van der Waals surface area contributed by atoms with Crippen LogP contribution < -0.4 is 0 Å². The zero-order valence-corrected chi connectivity index (χ0v) is 24.3. The molecule has 0 aromatic heterocycles. The second-order valence-corrected chi connectivity index (χ2v) is 12.0. The lowest BCUT2D eigenvalue weighted by atomic mass is 9.74. The Labute approximate surface area is 257 Å². The summed E-state index contributed by atoms with van der Waals surface area (Å²) >= 11 is 0. The monoisotopic (exact) mass is 558 g/mol. The van der Waals surface area contributed by atoms with Gasteiger partial charge in [-0.2, -0.15) is 0 Å². The van der Waals surface area contributed by atoms with E-state index in [1.54, 1.807) is 0 Å². The smallest absolute Gasteiger partial charge is 0.0131 e. The van der Waals surface area contributed by atoms with Crippen molar-refractivity contribution in [1.29, 1.82) is 0 Å². The van der Waals surface area contributed by atoms with Gasteiger partial charge in [-0.1, -0.05) is 158 Å². The van der Waals surface area contributed by atoms with Crippen LogP contribution >= 0.6 is 0 Å². The second kappa shape index (κ2) is 10.1. The van der Waals surface area contributed by atoms with Crippen LogP contribution in [-0.2, 0) is 0 Å². The second-order valence-electron chi connectivity index (χ2n) is 12.0. The Hall–Kier alpha value is -5.46. The van der Waals surface area contributed by atoms with Crippen LogP contribution in [0.4, 0.5) is 0 Å². The lowest BCUT2D eigenvalue weighted by Gasteiger charge is -2.30. The highest BCUT2D eigenvalue weighted by atomic mass is 14.3. The van der Waals surface area contributed by atoms with Gasteiger partial charge in [-0.15, -0.1) is 0 Å². The van der Waals surface area contributed by atoms with Crippen LogP contribution in [0, 0.1) is 5.92 Å². The summed E-state index contributed by atoms with van der Waals surface area (Å²) in [4.78, 5) is 0. The molecule has 2 aliphatic carbocycles. The molecule has 7 aromatic carbocycles. The number of hydrogen-bond acceptors (Lipinski definition) is 0. The molecule has 2 atom stereocenters. The van der Waals surface area contributed by atoms with Gasteiger partial charge < -0.3 is 0 Å². The van der Waals surface area contributed by atoms with Crippen molar-refractivity contribution in [3.8, 4) is 33.4 Å². The normalized spacial score (nSPS) is 16.8. The van der Waals surface area contributed by atoms with E-state index in [-0.39, 0.29) is 0 Å². The Morgan fingerprint density at radius 1 is 0.386 bits per heavy atom. The van der Waals surface area contributed by atoms with Gasteiger partial charge in [0.1, 0.15) is 0 Å². The fourth-order valence-electron chi connectivity index (χ4n) is 7.66. The largest absolute Gasteiger partial charge is 0.0767 e. The molecule has 0 aliphatic heterocycles. The minimum absolute atomic E-state index is 0.367. The van der Waals surface area contributed by atoms with Gasteiger partial charge in [0.25, 0.3) is 0 Å². The Bertz CT molecular complexity index is 2270. The van der Waals surface area contributed by atoms with E-state index in [0.717, 1.165) is 0 Å². The summed E-state index contributed by atoms with van der Waals surface area (Å²) in [5.41, 5.74) is 10.4. The summed E-state index contributed by atoms with van der Waals surface area (Å²) < 4.78 is 0. The molecule has 0 amide bonds. The Morgan fingerprint density at radius 2 is 0.955 bits per heavy atom. The van der Waals surface area contributed by atoms with E-state index in [4.69, 9.17) is 0 Å². The summed E-state index contributed by atoms with van der Waals surface area (Å²) in [5.74, 6) is 0.779. The van der Waals surface area contributed by atoms with Crippen molar-refractivity contribution in [2.24, 2.45) is 5.92 Å². The highest BCUT2D eigenvalue weighted by Crippen LogP contribution is 2.49. The maximum absolute atomic E-state index is 2.46. The molecule has 0 bridgehead atoms. The first kappa shape index (κ1) is 25.1. The third-order valence-electron chi connectivity index (χ3n) is 9.59. The van der Waals surface area contributed by atoms with Crippen molar-refractivity contribution >= 4 is 38.4 Å². The average molecular weight is 559 g/mol. The molecule has 9 rings (SSSR count). The van der Waals surface area contributed by atoms with Crippen molar-refractivity contribution in [2.75, 3.05) is 0 Å². The third kappa shape index (κ3) is 3.85. The van der Waals surface area contributed by atoms with Gasteiger partial charge in [-0.25, -0.2) is 0 Å². The zero-order valence-electron chi connectivity index (χ0n) is 24.3. The predicted octanol–water partition coefficient (Wildman–Crippen LogP) is 12.0. The number of rotatable bonds is 3. The Morgan fingerprint density at radius 3 is 1.68 bits per heavy atom. The molecule has 0 nitrogen and oxygen atoms in total. The molecule has 0 saturated heterocycles. The lowest BCUT2D eigenvalue weighted by Crippen LogP contribution is -2.14. The first-order chi connectivity index (χ1) is 21.8. The van der Waals surface area contributed by atoms with Crippen molar-refractivity contribution < 1.29 is 0 Å². The minimum atomic E-state index is 0.367. The van der Waals surface area contributed by atoms with Crippen LogP contribution in [0.15, 0.2) is 164 Å². The van der Waals surface area contributed by atoms with Crippen LogP contribution in [0.1, 0.15) is 17.0 Å². The van der Waals surface area contributed by atoms with E-state index < -0.39 is 0 Å². The summed E-state index contributed by atoms with van der Waals surface area (Å²) in [6.45, 7) is 0. The summed E-state index contributed by atoms with van der Waals surface area (Å²) in [5, 5.41) is 7.81. The summed E-state index contributed by atoms with van der Waals surface area (Å²) in [7, 11) is 0. The van der Waals surface area contributed by atoms with E-state index in [0.29, 0.717) is 11.8 Å². The molecule has 0 heterocycles. The highest BCUT2D eigenvalue weighted by molar-refractivity contribution is 6.24. The fraction of sp³-hybridized carbons (Fsp3) is 0.0455. The minimum Gasteiger partial charge on any atom is -0.0767 e. The summed E-state index contributed by atoms with van der Waals surface area (Å²) in [6, 6.07) is 49.2. The molecular formula is C44H30. The van der Waals surface area contributed by atoms with Gasteiger partial charge in [-0.05, 0) is 89.0 Å². The van der Waals surface area contributed by atoms with Crippen LogP contribution in [0.5, 0.6) is 0 Å². The number of allylic oxidation sites excluding steroid dienone is 5. The van der Waals surface area contributed by atoms with Gasteiger partial charge in [0.2, 0.25) is 0 Å². The van der Waals surface area contributed by atoms with E-state index >= 15 is 0 Å². The van der Waals surface area contributed by atoms with Crippen LogP contribution in [-0.4, -0.2) is 0 Å². The maximum atomic E-state index is 2.46. The molecular weight excluding hydrogens is 528 g/mol. The van der Waals surface area contributed by atoms with Crippen molar-refractivity contribution in [2.45, 2.75) is 5.92 Å². The highest BCUT2D eigenvalue weighted by Gasteiger charge is 2.28. The van der Waals surface area contributed by atoms with Gasteiger partial charge in [0.15, 0.2) is 0 Å². The molecule has 7 aromatic rings. The van der Waals surface area contributed by atoms with Crippen LogP contribution in [0.25, 0.3) is 71.8 Å². The molecule has 206 valence electrons. The number of fused-ring (bicyclic) bond motifs is 7. The first-order valence-electron chi connectivity index (χ1n) is 15.5. The Balaban J connectivity index is 1.36. The van der Waals surface area contributed by atoms with E-state index in [2.05, 4.69) is 170 Å². The van der Waals surface area contributed by atoms with Crippen LogP contribution in [0.2, 0.25) is 0 Å². The molecule has 0 saturated carbocycles. The zero-order chi connectivity index (χ0) is 29.0. The molecule has 0 fully saturated rings. The topological polar surface area (TPSA) is 0 Å². The molecule has 2 unspecified atom stereocenters. The average Bonchev–Trinajstić information content (AvgIpc) is 3.10. The van der Waals surface area contributed by atoms with E-state index in [9.17, 15) is 0 Å². The van der Waals surface area contributed by atoms with E-state index in [1.807, 2.05) is 0 Å².